The third-order valence-electron chi connectivity index (χ3n) is 7.13. The third-order valence-corrected chi connectivity index (χ3v) is 8.02. The molecule has 1 spiro atoms. The molecule has 1 aliphatic heterocycles. The lowest BCUT2D eigenvalue weighted by Gasteiger charge is -2.70. The molecule has 4 aliphatic carbocycles. The molecule has 8 nitrogen and oxygen atoms in total. The first kappa shape index (κ1) is 19.8. The molecule has 10 heteroatoms. The predicted molar refractivity (Wildman–Crippen MR) is 99.6 cm³/mol. The molecule has 29 heavy (non-hydrogen) atoms. The number of hydrogen-bond donors (Lipinski definition) is 2. The minimum atomic E-state index is -4.85. The minimum absolute atomic E-state index is 0.00223. The fourth-order valence-electron chi connectivity index (χ4n) is 6.37. The van der Waals surface area contributed by atoms with Crippen LogP contribution in [0.25, 0.3) is 0 Å². The topological polar surface area (TPSA) is 118 Å². The number of benzene rings is 1. The number of halogens is 1. The van der Waals surface area contributed by atoms with Crippen LogP contribution in [0.2, 0.25) is 0 Å². The van der Waals surface area contributed by atoms with Crippen LogP contribution in [0, 0.1) is 29.1 Å². The summed E-state index contributed by atoms with van der Waals surface area (Å²) in [5.74, 6) is -0.644. The van der Waals surface area contributed by atoms with E-state index in [1.165, 1.54) is 19.2 Å². The predicted octanol–water partition coefficient (Wildman–Crippen LogP) is 3.35. The molecule has 4 saturated carbocycles. The number of methoxy groups -OCH3 is 1. The Balaban J connectivity index is 1.59. The molecule has 1 aromatic carbocycles. The molecule has 0 aromatic heterocycles. The van der Waals surface area contributed by atoms with Crippen molar-refractivity contribution in [3.8, 4) is 11.8 Å². The van der Waals surface area contributed by atoms with Gasteiger partial charge >= 0.3 is 7.82 Å². The molecular weight excluding hydrogens is 421 g/mol. The standard InChI is InChI=1S/C19H21ClNO7P/c1-25-19(13-3-2-12(10-21)16(6-13)26-29(22,23)24)18(27-28-19)14-4-11-5-15(18)9-17(20,7-11)8-14/h2-3,6,11,14-15H,4-5,7-9H2,1H3,(H2,22,23,24). The molecule has 3 unspecified atom stereocenters. The van der Waals surface area contributed by atoms with E-state index in [4.69, 9.17) is 30.6 Å². The van der Waals surface area contributed by atoms with E-state index in [2.05, 4.69) is 0 Å². The molecule has 5 fully saturated rings. The normalized spacial score (nSPS) is 42.5. The van der Waals surface area contributed by atoms with Crippen molar-refractivity contribution in [2.75, 3.05) is 7.11 Å². The Kier molecular flexibility index (Phi) is 4.21. The van der Waals surface area contributed by atoms with Gasteiger partial charge in [0, 0.05) is 17.5 Å². The second-order valence-electron chi connectivity index (χ2n) is 8.68. The smallest absolute Gasteiger partial charge is 0.403 e. The molecule has 4 bridgehead atoms. The Labute approximate surface area is 172 Å². The van der Waals surface area contributed by atoms with E-state index in [1.54, 1.807) is 6.07 Å². The van der Waals surface area contributed by atoms with Crippen molar-refractivity contribution in [3.63, 3.8) is 0 Å². The van der Waals surface area contributed by atoms with Crippen LogP contribution >= 0.6 is 19.4 Å². The lowest BCUT2D eigenvalue weighted by atomic mass is 9.46. The summed E-state index contributed by atoms with van der Waals surface area (Å²) in [4.78, 5) is 29.7. The minimum Gasteiger partial charge on any atom is -0.403 e. The van der Waals surface area contributed by atoms with Crippen molar-refractivity contribution in [2.24, 2.45) is 17.8 Å². The number of nitrogens with zero attached hydrogens (tertiary/aromatic N) is 1. The number of alkyl halides is 1. The van der Waals surface area contributed by atoms with Gasteiger partial charge in [0.1, 0.15) is 11.8 Å². The van der Waals surface area contributed by atoms with Crippen molar-refractivity contribution in [1.82, 2.24) is 0 Å². The van der Waals surface area contributed by atoms with E-state index in [9.17, 15) is 19.6 Å². The second-order valence-corrected chi connectivity index (χ2v) is 10.6. The Bertz CT molecular complexity index is 938. The first-order chi connectivity index (χ1) is 13.6. The van der Waals surface area contributed by atoms with Crippen LogP contribution in [0.4, 0.5) is 0 Å². The Morgan fingerprint density at radius 3 is 2.41 bits per heavy atom. The summed E-state index contributed by atoms with van der Waals surface area (Å²) in [6.07, 6.45) is 4.58. The molecule has 1 aromatic rings. The molecule has 5 aliphatic rings. The summed E-state index contributed by atoms with van der Waals surface area (Å²) >= 11 is 6.88. The molecular formula is C19H21ClNO7P. The van der Waals surface area contributed by atoms with Gasteiger partial charge in [-0.1, -0.05) is 6.07 Å². The van der Waals surface area contributed by atoms with Crippen molar-refractivity contribution >= 4 is 19.4 Å². The van der Waals surface area contributed by atoms with Crippen LogP contribution in [0.1, 0.15) is 43.2 Å². The molecule has 6 rings (SSSR count). The summed E-state index contributed by atoms with van der Waals surface area (Å²) in [7, 11) is -3.33. The zero-order valence-electron chi connectivity index (χ0n) is 15.7. The van der Waals surface area contributed by atoms with Gasteiger partial charge in [0.15, 0.2) is 5.60 Å². The maximum absolute atomic E-state index is 11.4. The highest BCUT2D eigenvalue weighted by molar-refractivity contribution is 7.46. The average Bonchev–Trinajstić information content (AvgIpc) is 2.59. The summed E-state index contributed by atoms with van der Waals surface area (Å²) in [6, 6.07) is 6.37. The van der Waals surface area contributed by atoms with Crippen LogP contribution in [0.15, 0.2) is 18.2 Å². The first-order valence-corrected chi connectivity index (χ1v) is 11.5. The van der Waals surface area contributed by atoms with Crippen LogP contribution in [-0.2, 0) is 24.9 Å². The van der Waals surface area contributed by atoms with Gasteiger partial charge < -0.3 is 9.26 Å². The van der Waals surface area contributed by atoms with Gasteiger partial charge in [-0.2, -0.15) is 10.1 Å². The summed E-state index contributed by atoms with van der Waals surface area (Å²) in [6.45, 7) is 0. The van der Waals surface area contributed by atoms with E-state index in [-0.39, 0.29) is 28.0 Å². The largest absolute Gasteiger partial charge is 0.524 e. The van der Waals surface area contributed by atoms with Gasteiger partial charge in [-0.15, -0.1) is 11.6 Å². The van der Waals surface area contributed by atoms with Gasteiger partial charge in [-0.25, -0.2) is 9.45 Å². The number of hydrogen-bond acceptors (Lipinski definition) is 6. The Morgan fingerprint density at radius 2 is 1.93 bits per heavy atom. The molecule has 3 atom stereocenters. The van der Waals surface area contributed by atoms with Crippen molar-refractivity contribution in [1.29, 1.82) is 5.26 Å². The van der Waals surface area contributed by atoms with Gasteiger partial charge in [-0.3, -0.25) is 9.79 Å². The van der Waals surface area contributed by atoms with Crippen LogP contribution in [-0.4, -0.2) is 27.4 Å². The number of phosphoric ester groups is 1. The van der Waals surface area contributed by atoms with Gasteiger partial charge in [0.25, 0.3) is 5.79 Å². The van der Waals surface area contributed by atoms with Crippen molar-refractivity contribution < 1.29 is 33.4 Å². The van der Waals surface area contributed by atoms with Crippen molar-refractivity contribution in [3.05, 3.63) is 29.3 Å². The molecule has 2 N–H and O–H groups in total. The van der Waals surface area contributed by atoms with Crippen LogP contribution < -0.4 is 4.52 Å². The van der Waals surface area contributed by atoms with Gasteiger partial charge in [0.2, 0.25) is 0 Å². The Hall–Kier alpha value is -1.17. The van der Waals surface area contributed by atoms with E-state index in [0.717, 1.165) is 32.1 Å². The SMILES string of the molecule is COC1(c2ccc(C#N)c(OP(=O)(O)O)c2)OOC12C1CC3CC2CC(Cl)(C3)C1. The monoisotopic (exact) mass is 441 g/mol. The molecule has 0 radical (unpaired) electrons. The maximum Gasteiger partial charge on any atom is 0.524 e. The van der Waals surface area contributed by atoms with Gasteiger partial charge in [-0.05, 0) is 62.0 Å². The lowest BCUT2D eigenvalue weighted by Crippen LogP contribution is -2.78. The number of nitriles is 1. The summed E-state index contributed by atoms with van der Waals surface area (Å²) < 4.78 is 22.0. The summed E-state index contributed by atoms with van der Waals surface area (Å²) in [5.41, 5.74) is -0.239. The van der Waals surface area contributed by atoms with E-state index < -0.39 is 19.2 Å². The van der Waals surface area contributed by atoms with E-state index >= 15 is 0 Å². The van der Waals surface area contributed by atoms with Crippen LogP contribution in [0.3, 0.4) is 0 Å². The zero-order valence-corrected chi connectivity index (χ0v) is 17.4. The maximum atomic E-state index is 11.4. The molecule has 0 amide bonds. The highest BCUT2D eigenvalue weighted by atomic mass is 35.5. The summed E-state index contributed by atoms with van der Waals surface area (Å²) in [5, 5.41) is 9.29. The molecule has 1 heterocycles. The lowest BCUT2D eigenvalue weighted by molar-refractivity contribution is -0.645. The first-order valence-electron chi connectivity index (χ1n) is 9.55. The number of phosphoric acid groups is 1. The number of ether oxygens (including phenoxy) is 1. The highest BCUT2D eigenvalue weighted by Gasteiger charge is 2.78. The van der Waals surface area contributed by atoms with E-state index in [1.807, 2.05) is 6.07 Å². The van der Waals surface area contributed by atoms with E-state index in [0.29, 0.717) is 11.5 Å². The fourth-order valence-corrected chi connectivity index (χ4v) is 7.36. The molecule has 156 valence electrons. The second kappa shape index (κ2) is 6.18. The number of rotatable bonds is 4. The average molecular weight is 442 g/mol. The molecule has 1 saturated heterocycles. The van der Waals surface area contributed by atoms with Crippen LogP contribution in [0.5, 0.6) is 5.75 Å². The van der Waals surface area contributed by atoms with Gasteiger partial charge in [0.05, 0.1) is 5.56 Å². The van der Waals surface area contributed by atoms with Crippen molar-refractivity contribution in [2.45, 2.75) is 48.4 Å². The highest BCUT2D eigenvalue weighted by Crippen LogP contribution is 2.71. The quantitative estimate of drug-likeness (QED) is 0.415. The third kappa shape index (κ3) is 2.66. The fraction of sp³-hybridized carbons (Fsp3) is 0.632. The zero-order chi connectivity index (χ0) is 20.7. The Morgan fingerprint density at radius 1 is 1.24 bits per heavy atom.